The highest BCUT2D eigenvalue weighted by Crippen LogP contribution is 2.40. The van der Waals surface area contributed by atoms with Crippen LogP contribution in [0.25, 0.3) is 0 Å². The van der Waals surface area contributed by atoms with E-state index in [1.165, 1.54) is 57.9 Å². The first kappa shape index (κ1) is 15.3. The van der Waals surface area contributed by atoms with E-state index < -0.39 is 0 Å². The summed E-state index contributed by atoms with van der Waals surface area (Å²) in [5.74, 6) is 1.79. The van der Waals surface area contributed by atoms with Gasteiger partial charge in [-0.3, -0.25) is 0 Å². The highest BCUT2D eigenvalue weighted by Gasteiger charge is 2.36. The molecule has 0 amide bonds. The van der Waals surface area contributed by atoms with Crippen LogP contribution in [-0.2, 0) is 0 Å². The maximum atomic E-state index is 6.17. The molecule has 112 valence electrons. The number of nitrogens with zero attached hydrogens (tertiary/aromatic N) is 1. The monoisotopic (exact) mass is 266 g/mol. The average molecular weight is 266 g/mol. The van der Waals surface area contributed by atoms with Crippen LogP contribution in [0.5, 0.6) is 0 Å². The van der Waals surface area contributed by atoms with E-state index >= 15 is 0 Å². The van der Waals surface area contributed by atoms with Gasteiger partial charge >= 0.3 is 0 Å². The molecule has 2 nitrogen and oxygen atoms in total. The van der Waals surface area contributed by atoms with Gasteiger partial charge in [-0.1, -0.05) is 39.5 Å². The van der Waals surface area contributed by atoms with Crippen LogP contribution in [-0.4, -0.2) is 31.1 Å². The Morgan fingerprint density at radius 1 is 1.05 bits per heavy atom. The Morgan fingerprint density at radius 2 is 1.68 bits per heavy atom. The molecule has 0 saturated heterocycles. The summed E-state index contributed by atoms with van der Waals surface area (Å²) in [6, 6.07) is 0.802. The van der Waals surface area contributed by atoms with Crippen LogP contribution >= 0.6 is 0 Å². The first-order chi connectivity index (χ1) is 9.06. The molecule has 2 aliphatic carbocycles. The number of hydrogen-bond donors (Lipinski definition) is 1. The van der Waals surface area contributed by atoms with Crippen LogP contribution in [0, 0.1) is 17.3 Å². The lowest BCUT2D eigenvalue weighted by Gasteiger charge is -2.45. The highest BCUT2D eigenvalue weighted by molar-refractivity contribution is 4.90. The highest BCUT2D eigenvalue weighted by atomic mass is 15.1. The van der Waals surface area contributed by atoms with Crippen molar-refractivity contribution < 1.29 is 0 Å². The number of hydrogen-bond acceptors (Lipinski definition) is 2. The average Bonchev–Trinajstić information content (AvgIpc) is 2.42. The van der Waals surface area contributed by atoms with Gasteiger partial charge in [-0.15, -0.1) is 0 Å². The zero-order valence-electron chi connectivity index (χ0n) is 13.3. The van der Waals surface area contributed by atoms with Gasteiger partial charge in [0.1, 0.15) is 0 Å². The zero-order valence-corrected chi connectivity index (χ0v) is 13.3. The van der Waals surface area contributed by atoms with Crippen molar-refractivity contribution in [3.05, 3.63) is 0 Å². The van der Waals surface area contributed by atoms with E-state index in [2.05, 4.69) is 25.8 Å². The molecule has 0 aromatic heterocycles. The molecule has 2 fully saturated rings. The van der Waals surface area contributed by atoms with E-state index in [4.69, 9.17) is 5.73 Å². The summed E-state index contributed by atoms with van der Waals surface area (Å²) in [4.78, 5) is 2.66. The second-order valence-electron chi connectivity index (χ2n) is 7.63. The zero-order chi connectivity index (χ0) is 13.9. The van der Waals surface area contributed by atoms with E-state index in [-0.39, 0.29) is 0 Å². The number of rotatable bonds is 4. The minimum Gasteiger partial charge on any atom is -0.330 e. The predicted molar refractivity (Wildman–Crippen MR) is 83.2 cm³/mol. The van der Waals surface area contributed by atoms with Crippen LogP contribution in [0.3, 0.4) is 0 Å². The Bertz CT molecular complexity index is 268. The molecule has 0 heterocycles. The fourth-order valence-electron chi connectivity index (χ4n) is 4.40. The molecule has 0 bridgehead atoms. The van der Waals surface area contributed by atoms with Gasteiger partial charge in [-0.2, -0.15) is 0 Å². The lowest BCUT2D eigenvalue weighted by Crippen LogP contribution is -2.48. The first-order valence-corrected chi connectivity index (χ1v) is 8.47. The summed E-state index contributed by atoms with van der Waals surface area (Å²) in [5, 5.41) is 0. The van der Waals surface area contributed by atoms with E-state index in [1.807, 2.05) is 0 Å². The third kappa shape index (κ3) is 3.72. The van der Waals surface area contributed by atoms with Gasteiger partial charge in [0.2, 0.25) is 0 Å². The molecule has 2 rings (SSSR count). The van der Waals surface area contributed by atoms with E-state index in [0.717, 1.165) is 24.4 Å². The van der Waals surface area contributed by atoms with Gasteiger partial charge in [0.25, 0.3) is 0 Å². The molecule has 2 heteroatoms. The normalized spacial score (nSPS) is 40.6. The Kier molecular flexibility index (Phi) is 5.30. The van der Waals surface area contributed by atoms with Gasteiger partial charge in [0.05, 0.1) is 0 Å². The van der Waals surface area contributed by atoms with E-state index in [9.17, 15) is 0 Å². The molecular formula is C17H34N2. The molecule has 0 radical (unpaired) electrons. The molecule has 2 unspecified atom stereocenters. The van der Waals surface area contributed by atoms with E-state index in [0.29, 0.717) is 5.41 Å². The second kappa shape index (κ2) is 6.58. The third-order valence-corrected chi connectivity index (χ3v) is 5.99. The molecule has 0 aromatic carbocycles. The fourth-order valence-corrected chi connectivity index (χ4v) is 4.40. The maximum Gasteiger partial charge on any atom is 0.0118 e. The van der Waals surface area contributed by atoms with Gasteiger partial charge in [0.15, 0.2) is 0 Å². The largest absolute Gasteiger partial charge is 0.330 e. The number of nitrogens with two attached hydrogens (primary N) is 1. The van der Waals surface area contributed by atoms with Crippen molar-refractivity contribution >= 4 is 0 Å². The molecule has 19 heavy (non-hydrogen) atoms. The molecule has 0 aromatic rings. The summed E-state index contributed by atoms with van der Waals surface area (Å²) in [6.07, 6.45) is 11.1. The second-order valence-corrected chi connectivity index (χ2v) is 7.63. The maximum absolute atomic E-state index is 6.17. The Morgan fingerprint density at radius 3 is 2.26 bits per heavy atom. The van der Waals surface area contributed by atoms with Crippen LogP contribution in [0.1, 0.15) is 65.2 Å². The van der Waals surface area contributed by atoms with Crippen LogP contribution in [0.2, 0.25) is 0 Å². The first-order valence-electron chi connectivity index (χ1n) is 8.47. The summed E-state index contributed by atoms with van der Waals surface area (Å²) < 4.78 is 0. The molecular weight excluding hydrogens is 232 g/mol. The van der Waals surface area contributed by atoms with Crippen molar-refractivity contribution in [1.29, 1.82) is 0 Å². The Balaban J connectivity index is 1.93. The van der Waals surface area contributed by atoms with E-state index in [1.54, 1.807) is 0 Å². The van der Waals surface area contributed by atoms with Crippen molar-refractivity contribution in [3.63, 3.8) is 0 Å². The topological polar surface area (TPSA) is 29.3 Å². The SMILES string of the molecule is CC1CCC(CN)(CN(C)C2CCCCC2C)CC1. The molecule has 2 atom stereocenters. The van der Waals surface area contributed by atoms with Gasteiger partial charge in [-0.05, 0) is 56.5 Å². The van der Waals surface area contributed by atoms with Gasteiger partial charge in [0, 0.05) is 12.6 Å². The minimum absolute atomic E-state index is 0.415. The molecule has 0 aliphatic heterocycles. The summed E-state index contributed by atoms with van der Waals surface area (Å²) in [7, 11) is 2.35. The smallest absolute Gasteiger partial charge is 0.0118 e. The van der Waals surface area contributed by atoms with Crippen LogP contribution in [0.15, 0.2) is 0 Å². The van der Waals surface area contributed by atoms with Crippen molar-refractivity contribution in [2.45, 2.75) is 71.3 Å². The summed E-state index contributed by atoms with van der Waals surface area (Å²) in [6.45, 7) is 6.95. The summed E-state index contributed by atoms with van der Waals surface area (Å²) in [5.41, 5.74) is 6.58. The van der Waals surface area contributed by atoms with Gasteiger partial charge in [-0.25, -0.2) is 0 Å². The summed E-state index contributed by atoms with van der Waals surface area (Å²) >= 11 is 0. The quantitative estimate of drug-likeness (QED) is 0.841. The molecule has 0 spiro atoms. The standard InChI is InChI=1S/C17H34N2/c1-14-8-10-17(12-18,11-9-14)13-19(3)16-7-5-4-6-15(16)2/h14-16H,4-13,18H2,1-3H3. The van der Waals surface area contributed by atoms with Gasteiger partial charge < -0.3 is 10.6 Å². The van der Waals surface area contributed by atoms with Crippen LogP contribution in [0.4, 0.5) is 0 Å². The molecule has 2 N–H and O–H groups in total. The lowest BCUT2D eigenvalue weighted by molar-refractivity contribution is 0.0562. The molecule has 2 aliphatic rings. The third-order valence-electron chi connectivity index (χ3n) is 5.99. The van der Waals surface area contributed by atoms with Crippen LogP contribution < -0.4 is 5.73 Å². The van der Waals surface area contributed by atoms with Crippen molar-refractivity contribution in [3.8, 4) is 0 Å². The predicted octanol–water partition coefficient (Wildman–Crippen LogP) is 3.65. The minimum atomic E-state index is 0.415. The Labute approximate surface area is 120 Å². The molecule has 2 saturated carbocycles. The fraction of sp³-hybridized carbons (Fsp3) is 1.00. The lowest BCUT2D eigenvalue weighted by atomic mass is 9.70. The van der Waals surface area contributed by atoms with Crippen molar-refractivity contribution in [2.24, 2.45) is 23.0 Å². The van der Waals surface area contributed by atoms with Crippen molar-refractivity contribution in [2.75, 3.05) is 20.1 Å². The van der Waals surface area contributed by atoms with Crippen molar-refractivity contribution in [1.82, 2.24) is 4.90 Å². The Hall–Kier alpha value is -0.0800.